The second kappa shape index (κ2) is 10.8. The Labute approximate surface area is 231 Å². The molecule has 2 aromatic carbocycles. The lowest BCUT2D eigenvalue weighted by Gasteiger charge is -2.26. The lowest BCUT2D eigenvalue weighted by molar-refractivity contribution is -0.139. The molecule has 2 aromatic heterocycles. The second-order valence-electron chi connectivity index (χ2n) is 11.0. The number of methoxy groups -OCH3 is 1. The molecule has 0 fully saturated rings. The fourth-order valence-electron chi connectivity index (χ4n) is 4.98. The van der Waals surface area contributed by atoms with Crippen LogP contribution in [0.2, 0.25) is 25.7 Å². The van der Waals surface area contributed by atoms with Gasteiger partial charge in [-0.05, 0) is 24.2 Å². The van der Waals surface area contributed by atoms with Crippen LogP contribution in [0.15, 0.2) is 48.7 Å². The number of rotatable bonds is 8. The normalized spacial score (nSPS) is 15.7. The average Bonchev–Trinajstić information content (AvgIpc) is 3.51. The van der Waals surface area contributed by atoms with E-state index in [4.69, 9.17) is 25.8 Å². The molecule has 0 radical (unpaired) electrons. The van der Waals surface area contributed by atoms with E-state index in [1.54, 1.807) is 12.1 Å². The first-order chi connectivity index (χ1) is 19.0. The summed E-state index contributed by atoms with van der Waals surface area (Å²) in [7, 11) is 0.228. The number of hydrogen-bond acceptors (Lipinski definition) is 4. The third-order valence-electron chi connectivity index (χ3n) is 7.03. The SMILES string of the molecule is [C-]#[N+]c1ccc2c(cc(-c3cn4c(n3)C(c3ccccc3C(F)(F)F)OCC4)n2COCC[Si](C)(C)C)c1OC. The highest BCUT2D eigenvalue weighted by atomic mass is 28.3. The number of halogens is 3. The van der Waals surface area contributed by atoms with Crippen LogP contribution in [0.5, 0.6) is 5.75 Å². The monoisotopic (exact) mass is 568 g/mol. The van der Waals surface area contributed by atoms with Crippen molar-refractivity contribution in [3.63, 3.8) is 0 Å². The molecule has 210 valence electrons. The molecule has 7 nitrogen and oxygen atoms in total. The Morgan fingerprint density at radius 1 is 1.18 bits per heavy atom. The van der Waals surface area contributed by atoms with Gasteiger partial charge in [-0.2, -0.15) is 13.2 Å². The van der Waals surface area contributed by atoms with Gasteiger partial charge < -0.3 is 23.3 Å². The quantitative estimate of drug-likeness (QED) is 0.125. The number of alkyl halides is 3. The molecular formula is C29H31F3N4O3Si. The number of aromatic nitrogens is 3. The zero-order valence-electron chi connectivity index (χ0n) is 22.9. The average molecular weight is 569 g/mol. The molecule has 0 saturated heterocycles. The third kappa shape index (κ3) is 5.39. The predicted molar refractivity (Wildman–Crippen MR) is 149 cm³/mol. The summed E-state index contributed by atoms with van der Waals surface area (Å²) in [6, 6.07) is 11.9. The van der Waals surface area contributed by atoms with E-state index in [2.05, 4.69) is 24.5 Å². The number of ether oxygens (including phenoxy) is 3. The zero-order chi connectivity index (χ0) is 28.7. The summed E-state index contributed by atoms with van der Waals surface area (Å²) in [4.78, 5) is 8.41. The minimum Gasteiger partial charge on any atom is -0.507 e. The fourth-order valence-corrected chi connectivity index (χ4v) is 5.74. The van der Waals surface area contributed by atoms with E-state index >= 15 is 0 Å². The Morgan fingerprint density at radius 2 is 1.95 bits per heavy atom. The third-order valence-corrected chi connectivity index (χ3v) is 8.73. The molecule has 1 aliphatic rings. The van der Waals surface area contributed by atoms with Crippen LogP contribution in [0.25, 0.3) is 27.1 Å². The van der Waals surface area contributed by atoms with Crippen molar-refractivity contribution in [2.75, 3.05) is 20.3 Å². The molecule has 1 unspecified atom stereocenters. The first-order valence-electron chi connectivity index (χ1n) is 13.0. The van der Waals surface area contributed by atoms with Crippen molar-refractivity contribution in [2.24, 2.45) is 0 Å². The minimum atomic E-state index is -4.52. The lowest BCUT2D eigenvalue weighted by Crippen LogP contribution is -2.24. The Morgan fingerprint density at radius 3 is 2.65 bits per heavy atom. The van der Waals surface area contributed by atoms with Crippen LogP contribution in [0.4, 0.5) is 18.9 Å². The molecule has 4 aromatic rings. The van der Waals surface area contributed by atoms with Gasteiger partial charge in [0.1, 0.15) is 30.1 Å². The maximum atomic E-state index is 13.8. The number of imidazole rings is 1. The van der Waals surface area contributed by atoms with E-state index < -0.39 is 25.9 Å². The number of nitrogens with zero attached hydrogens (tertiary/aromatic N) is 4. The van der Waals surface area contributed by atoms with E-state index in [9.17, 15) is 13.2 Å². The Kier molecular flexibility index (Phi) is 7.52. The summed E-state index contributed by atoms with van der Waals surface area (Å²) in [5.41, 5.74) is 1.79. The Bertz CT molecular complexity index is 1580. The first-order valence-corrected chi connectivity index (χ1v) is 16.7. The van der Waals surface area contributed by atoms with Gasteiger partial charge in [0.25, 0.3) is 0 Å². The van der Waals surface area contributed by atoms with E-state index in [1.165, 1.54) is 19.2 Å². The van der Waals surface area contributed by atoms with Gasteiger partial charge in [0.05, 0.1) is 37.1 Å². The Balaban J connectivity index is 1.60. The molecule has 1 atom stereocenters. The van der Waals surface area contributed by atoms with Gasteiger partial charge in [-0.25, -0.2) is 9.83 Å². The molecule has 0 N–H and O–H groups in total. The van der Waals surface area contributed by atoms with E-state index in [-0.39, 0.29) is 18.9 Å². The summed E-state index contributed by atoms with van der Waals surface area (Å²) in [6.07, 6.45) is -3.64. The van der Waals surface area contributed by atoms with E-state index in [1.807, 2.05) is 27.5 Å². The first kappa shape index (κ1) is 28.0. The van der Waals surface area contributed by atoms with Crippen LogP contribution in [0.3, 0.4) is 0 Å². The van der Waals surface area contributed by atoms with Crippen LogP contribution in [-0.4, -0.2) is 42.5 Å². The smallest absolute Gasteiger partial charge is 0.416 e. The summed E-state index contributed by atoms with van der Waals surface area (Å²) < 4.78 is 63.0. The van der Waals surface area contributed by atoms with Gasteiger partial charge in [-0.3, -0.25) is 0 Å². The Hall–Kier alpha value is -3.59. The molecule has 0 spiro atoms. The fraction of sp³-hybridized carbons (Fsp3) is 0.379. The maximum absolute atomic E-state index is 13.8. The molecular weight excluding hydrogens is 537 g/mol. The molecule has 0 saturated carbocycles. The molecule has 0 bridgehead atoms. The van der Waals surface area contributed by atoms with Gasteiger partial charge in [-0.1, -0.05) is 43.9 Å². The molecule has 3 heterocycles. The van der Waals surface area contributed by atoms with Crippen molar-refractivity contribution < 1.29 is 27.4 Å². The van der Waals surface area contributed by atoms with Crippen molar-refractivity contribution in [3.05, 3.63) is 77.0 Å². The second-order valence-corrected chi connectivity index (χ2v) is 16.6. The van der Waals surface area contributed by atoms with Crippen LogP contribution in [0, 0.1) is 6.57 Å². The summed E-state index contributed by atoms with van der Waals surface area (Å²) in [5, 5.41) is 0.737. The molecule has 11 heteroatoms. The predicted octanol–water partition coefficient (Wildman–Crippen LogP) is 7.51. The highest BCUT2D eigenvalue weighted by Gasteiger charge is 2.38. The summed E-state index contributed by atoms with van der Waals surface area (Å²) in [5.74, 6) is 0.863. The number of fused-ring (bicyclic) bond motifs is 2. The lowest BCUT2D eigenvalue weighted by atomic mass is 10.0. The van der Waals surface area contributed by atoms with Crippen molar-refractivity contribution in [2.45, 2.75) is 51.2 Å². The van der Waals surface area contributed by atoms with E-state index in [0.29, 0.717) is 41.8 Å². The highest BCUT2D eigenvalue weighted by Crippen LogP contribution is 2.42. The van der Waals surface area contributed by atoms with Crippen LogP contribution in [-0.2, 0) is 28.9 Å². The van der Waals surface area contributed by atoms with Crippen LogP contribution in [0.1, 0.15) is 23.1 Å². The summed E-state index contributed by atoms with van der Waals surface area (Å²) in [6.45, 7) is 16.0. The van der Waals surface area contributed by atoms with Gasteiger partial charge in [0.15, 0.2) is 0 Å². The minimum absolute atomic E-state index is 0.0340. The number of benzene rings is 2. The van der Waals surface area contributed by atoms with Gasteiger partial charge in [-0.15, -0.1) is 0 Å². The van der Waals surface area contributed by atoms with Crippen LogP contribution >= 0.6 is 0 Å². The molecule has 0 amide bonds. The molecule has 40 heavy (non-hydrogen) atoms. The maximum Gasteiger partial charge on any atom is 0.416 e. The van der Waals surface area contributed by atoms with Crippen molar-refractivity contribution in [1.29, 1.82) is 0 Å². The number of hydrogen-bond donors (Lipinski definition) is 0. The van der Waals surface area contributed by atoms with Crippen molar-refractivity contribution in [3.8, 4) is 17.1 Å². The van der Waals surface area contributed by atoms with Gasteiger partial charge >= 0.3 is 6.18 Å². The largest absolute Gasteiger partial charge is 0.507 e. The van der Waals surface area contributed by atoms with Gasteiger partial charge in [0, 0.05) is 38.4 Å². The molecule has 1 aliphatic heterocycles. The van der Waals surface area contributed by atoms with E-state index in [0.717, 1.165) is 23.0 Å². The van der Waals surface area contributed by atoms with Crippen molar-refractivity contribution >= 4 is 24.7 Å². The summed E-state index contributed by atoms with van der Waals surface area (Å²) >= 11 is 0. The topological polar surface area (TPSA) is 54.8 Å². The molecule has 0 aliphatic carbocycles. The molecule has 5 rings (SSSR count). The van der Waals surface area contributed by atoms with Crippen molar-refractivity contribution in [1.82, 2.24) is 14.1 Å². The van der Waals surface area contributed by atoms with Crippen LogP contribution < -0.4 is 4.74 Å². The van der Waals surface area contributed by atoms with Gasteiger partial charge in [0.2, 0.25) is 5.69 Å². The highest BCUT2D eigenvalue weighted by molar-refractivity contribution is 6.76. The standard InChI is InChI=1S/C29H31F3N4O3Si/c1-33-22-10-11-24-20(26(22)37-2)16-25(36(24)18-38-14-15-40(3,4)5)23-17-35-12-13-39-27(28(35)34-23)19-8-6-7-9-21(19)29(30,31)32/h6-11,16-17,27H,12-15,18H2,2-5H3. The zero-order valence-corrected chi connectivity index (χ0v) is 23.9.